The molecule has 1 aromatic heterocycles. The molecule has 3 saturated carbocycles. The van der Waals surface area contributed by atoms with Crippen molar-refractivity contribution in [2.75, 3.05) is 11.4 Å². The zero-order valence-corrected chi connectivity index (χ0v) is 21.0. The van der Waals surface area contributed by atoms with Crippen molar-refractivity contribution >= 4 is 22.5 Å². The number of aromatic nitrogens is 2. The third-order valence-corrected chi connectivity index (χ3v) is 9.79. The molecule has 11 heteroatoms. The molecule has 37 heavy (non-hydrogen) atoms. The second kappa shape index (κ2) is 8.86. The van der Waals surface area contributed by atoms with Crippen LogP contribution in [0.15, 0.2) is 35.2 Å². The Morgan fingerprint density at radius 2 is 1.92 bits per heavy atom. The molecule has 3 aliphatic carbocycles. The van der Waals surface area contributed by atoms with Crippen LogP contribution >= 0.6 is 0 Å². The minimum atomic E-state index is -4.63. The topological polar surface area (TPSA) is 91.0 Å². The van der Waals surface area contributed by atoms with Crippen LogP contribution in [0.3, 0.4) is 0 Å². The number of carbonyl (C=O) groups excluding carboxylic acids is 1. The maximum Gasteiger partial charge on any atom is 0.417 e. The van der Waals surface area contributed by atoms with Crippen LogP contribution in [0.25, 0.3) is 0 Å². The van der Waals surface area contributed by atoms with Crippen molar-refractivity contribution in [3.05, 3.63) is 41.6 Å². The number of halogens is 3. The number of nitrogens with zero attached hydrogens (tertiary/aromatic N) is 4. The number of benzene rings is 1. The van der Waals surface area contributed by atoms with Crippen LogP contribution in [0, 0.1) is 11.3 Å². The molecule has 4 fully saturated rings. The summed E-state index contributed by atoms with van der Waals surface area (Å²) in [7, 11) is -1.99. The highest BCUT2D eigenvalue weighted by Gasteiger charge is 2.49. The Kier molecular flexibility index (Phi) is 5.86. The zero-order chi connectivity index (χ0) is 25.9. The van der Waals surface area contributed by atoms with E-state index in [9.17, 15) is 27.4 Å². The van der Waals surface area contributed by atoms with E-state index in [-0.39, 0.29) is 29.8 Å². The molecular weight excluding hydrogens is 503 g/mol. The van der Waals surface area contributed by atoms with Gasteiger partial charge in [0.15, 0.2) is 0 Å². The number of alkyl halides is 3. The zero-order valence-electron chi connectivity index (χ0n) is 20.2. The lowest BCUT2D eigenvalue weighted by molar-refractivity contribution is -0.139. The SMILES string of the molecule is N#CC1(NC(=O)[C@@H]2C[C@@H](S(=O)c3ccccc3C(F)(F)F)CN2c2cc(C3CC3)nn2C2CCC2)CC1. The monoisotopic (exact) mass is 531 g/mol. The second-order valence-corrected chi connectivity index (χ2v) is 12.4. The molecule has 1 saturated heterocycles. The van der Waals surface area contributed by atoms with Gasteiger partial charge in [0.25, 0.3) is 0 Å². The Hall–Kier alpha value is -2.87. The van der Waals surface area contributed by atoms with E-state index in [0.29, 0.717) is 18.8 Å². The summed E-state index contributed by atoms with van der Waals surface area (Å²) in [5, 5.41) is 16.6. The third kappa shape index (κ3) is 4.54. The molecule has 196 valence electrons. The van der Waals surface area contributed by atoms with Crippen molar-refractivity contribution in [2.45, 2.75) is 91.2 Å². The van der Waals surface area contributed by atoms with Gasteiger partial charge in [-0.3, -0.25) is 9.00 Å². The lowest BCUT2D eigenvalue weighted by atomic mass is 9.93. The molecule has 1 amide bonds. The number of hydrogen-bond donors (Lipinski definition) is 1. The van der Waals surface area contributed by atoms with Crippen LogP contribution < -0.4 is 10.2 Å². The number of rotatable bonds is 7. The van der Waals surface area contributed by atoms with E-state index in [1.807, 2.05) is 15.6 Å². The molecule has 4 aliphatic rings. The molecule has 3 atom stereocenters. The summed E-state index contributed by atoms with van der Waals surface area (Å²) in [4.78, 5) is 15.1. The number of nitriles is 1. The molecule has 0 spiro atoms. The van der Waals surface area contributed by atoms with E-state index < -0.39 is 39.4 Å². The first-order valence-electron chi connectivity index (χ1n) is 12.9. The largest absolute Gasteiger partial charge is 0.417 e. The molecule has 2 aromatic rings. The Balaban J connectivity index is 1.35. The number of carbonyl (C=O) groups is 1. The molecule has 2 heterocycles. The van der Waals surface area contributed by atoms with Crippen molar-refractivity contribution < 1.29 is 22.2 Å². The average molecular weight is 532 g/mol. The Labute approximate surface area is 215 Å². The lowest BCUT2D eigenvalue weighted by Gasteiger charge is -2.32. The van der Waals surface area contributed by atoms with Gasteiger partial charge in [-0.15, -0.1) is 0 Å². The second-order valence-electron chi connectivity index (χ2n) is 10.7. The van der Waals surface area contributed by atoms with Gasteiger partial charge < -0.3 is 10.2 Å². The highest BCUT2D eigenvalue weighted by atomic mass is 32.2. The van der Waals surface area contributed by atoms with E-state index in [1.54, 1.807) is 0 Å². The first kappa shape index (κ1) is 24.5. The molecule has 6 rings (SSSR count). The van der Waals surface area contributed by atoms with Crippen molar-refractivity contribution in [3.63, 3.8) is 0 Å². The van der Waals surface area contributed by atoms with Crippen molar-refractivity contribution in [1.82, 2.24) is 15.1 Å². The molecule has 1 aliphatic heterocycles. The number of nitrogens with one attached hydrogen (secondary N) is 1. The summed E-state index contributed by atoms with van der Waals surface area (Å²) in [6.45, 7) is 0.166. The van der Waals surface area contributed by atoms with Crippen LogP contribution in [-0.2, 0) is 21.8 Å². The summed E-state index contributed by atoms with van der Waals surface area (Å²) in [5.41, 5.74) is -0.815. The van der Waals surface area contributed by atoms with Gasteiger partial charge in [-0.05, 0) is 63.5 Å². The Bertz CT molecular complexity index is 1290. The fraction of sp³-hybridized carbons (Fsp3) is 0.577. The first-order chi connectivity index (χ1) is 17.7. The highest BCUT2D eigenvalue weighted by molar-refractivity contribution is 7.85. The van der Waals surface area contributed by atoms with Crippen molar-refractivity contribution in [1.29, 1.82) is 5.26 Å². The van der Waals surface area contributed by atoms with Crippen molar-refractivity contribution in [2.24, 2.45) is 0 Å². The molecule has 0 bridgehead atoms. The number of hydrogen-bond acceptors (Lipinski definition) is 5. The van der Waals surface area contributed by atoms with Crippen LogP contribution in [0.4, 0.5) is 19.0 Å². The molecule has 1 aromatic carbocycles. The molecular formula is C26H28F3N5O2S. The molecule has 1 unspecified atom stereocenters. The van der Waals surface area contributed by atoms with Crippen LogP contribution in [0.2, 0.25) is 0 Å². The van der Waals surface area contributed by atoms with E-state index in [1.165, 1.54) is 18.2 Å². The predicted octanol–water partition coefficient (Wildman–Crippen LogP) is 4.43. The van der Waals surface area contributed by atoms with Gasteiger partial charge >= 0.3 is 6.18 Å². The maximum atomic E-state index is 13.7. The van der Waals surface area contributed by atoms with E-state index in [4.69, 9.17) is 5.10 Å². The highest BCUT2D eigenvalue weighted by Crippen LogP contribution is 2.45. The standard InChI is InChI=1S/C26H28F3N5O2S/c27-26(28,29)19-6-1-2-7-22(19)37(36)18-12-21(24(35)31-25(15-30)10-11-25)33(14-18)23-13-20(16-8-9-16)32-34(23)17-4-3-5-17/h1-2,6-7,13,16-18,21H,3-5,8-12,14H2,(H,31,35)/t18-,21+,37?/m1/s1. The fourth-order valence-corrected chi connectivity index (χ4v) is 6.94. The van der Waals surface area contributed by atoms with Gasteiger partial charge in [-0.1, -0.05) is 12.1 Å². The van der Waals surface area contributed by atoms with Crippen LogP contribution in [-0.4, -0.2) is 43.3 Å². The van der Waals surface area contributed by atoms with Crippen molar-refractivity contribution in [3.8, 4) is 6.07 Å². The van der Waals surface area contributed by atoms with Crippen LogP contribution in [0.1, 0.15) is 74.6 Å². The summed E-state index contributed by atoms with van der Waals surface area (Å²) >= 11 is 0. The van der Waals surface area contributed by atoms with Crippen LogP contribution in [0.5, 0.6) is 0 Å². The van der Waals surface area contributed by atoms with Gasteiger partial charge in [0.1, 0.15) is 17.4 Å². The van der Waals surface area contributed by atoms with Gasteiger partial charge in [0.2, 0.25) is 5.91 Å². The third-order valence-electron chi connectivity index (χ3n) is 8.05. The summed E-state index contributed by atoms with van der Waals surface area (Å²) in [6, 6.07) is 8.58. The predicted molar refractivity (Wildman–Crippen MR) is 130 cm³/mol. The quantitative estimate of drug-likeness (QED) is 0.571. The average Bonchev–Trinajstić information content (AvgIpc) is 3.75. The van der Waals surface area contributed by atoms with E-state index in [2.05, 4.69) is 11.4 Å². The minimum absolute atomic E-state index is 0.126. The normalized spacial score (nSPS) is 25.8. The summed E-state index contributed by atoms with van der Waals surface area (Å²) < 4.78 is 56.7. The van der Waals surface area contributed by atoms with E-state index in [0.717, 1.165) is 49.7 Å². The van der Waals surface area contributed by atoms with Gasteiger partial charge in [0.05, 0.1) is 44.3 Å². The summed E-state index contributed by atoms with van der Waals surface area (Å²) in [6.07, 6.45) is 1.83. The lowest BCUT2D eigenvalue weighted by Crippen LogP contribution is -2.48. The van der Waals surface area contributed by atoms with Gasteiger partial charge in [-0.2, -0.15) is 23.5 Å². The van der Waals surface area contributed by atoms with E-state index >= 15 is 0 Å². The number of anilines is 1. The molecule has 7 nitrogen and oxygen atoms in total. The maximum absolute atomic E-state index is 13.7. The number of amides is 1. The molecule has 1 N–H and O–H groups in total. The van der Waals surface area contributed by atoms with Gasteiger partial charge in [-0.25, -0.2) is 4.68 Å². The summed E-state index contributed by atoms with van der Waals surface area (Å²) in [5.74, 6) is 0.806. The Morgan fingerprint density at radius 3 is 2.51 bits per heavy atom. The smallest absolute Gasteiger partial charge is 0.344 e. The Morgan fingerprint density at radius 1 is 1.19 bits per heavy atom. The fourth-order valence-electron chi connectivity index (χ4n) is 5.31. The minimum Gasteiger partial charge on any atom is -0.344 e. The molecule has 0 radical (unpaired) electrons. The van der Waals surface area contributed by atoms with Gasteiger partial charge in [0, 0.05) is 18.5 Å². The first-order valence-corrected chi connectivity index (χ1v) is 14.1.